The smallest absolute Gasteiger partial charge is 0.143 e. The van der Waals surface area contributed by atoms with Gasteiger partial charge in [0.05, 0.1) is 33.1 Å². The van der Waals surface area contributed by atoms with Crippen molar-refractivity contribution < 1.29 is 4.42 Å². The van der Waals surface area contributed by atoms with Crippen molar-refractivity contribution in [3.05, 3.63) is 424 Å². The molecule has 0 spiro atoms. The molecule has 0 aliphatic carbocycles. The zero-order valence-electron chi connectivity index (χ0n) is 75.4. The molecule has 12 heteroatoms. The minimum Gasteiger partial charge on any atom is -0.455 e. The van der Waals surface area contributed by atoms with Crippen molar-refractivity contribution in [2.45, 2.75) is 13.8 Å². The summed E-state index contributed by atoms with van der Waals surface area (Å²) in [5, 5.41) is 25.3. The minimum absolute atomic E-state index is 0.913. The van der Waals surface area contributed by atoms with Crippen molar-refractivity contribution in [2.24, 2.45) is 0 Å². The zero-order chi connectivity index (χ0) is 92.1. The fourth-order valence-corrected chi connectivity index (χ4v) is 27.4. The Morgan fingerprint density at radius 1 is 0.164 bits per heavy atom. The molecule has 0 radical (unpaired) electrons. The van der Waals surface area contributed by atoms with E-state index in [0.29, 0.717) is 0 Å². The highest BCUT2D eigenvalue weighted by Gasteiger charge is 2.25. The van der Waals surface area contributed by atoms with Crippen LogP contribution in [0, 0.1) is 13.8 Å². The van der Waals surface area contributed by atoms with Gasteiger partial charge in [-0.25, -0.2) is 29.9 Å². The molecule has 140 heavy (non-hydrogen) atoms. The van der Waals surface area contributed by atoms with E-state index in [1.807, 2.05) is 34.8 Å². The fourth-order valence-electron chi connectivity index (χ4n) is 21.7. The van der Waals surface area contributed by atoms with Crippen molar-refractivity contribution in [3.8, 4) is 77.9 Å². The Labute approximate surface area is 820 Å². The molecule has 7 nitrogen and oxygen atoms in total. The molecule has 0 N–H and O–H groups in total. The summed E-state index contributed by atoms with van der Waals surface area (Å²) in [4.78, 5) is 34.8. The zero-order valence-corrected chi connectivity index (χ0v) is 79.5. The van der Waals surface area contributed by atoms with Crippen LogP contribution in [0.3, 0.4) is 0 Å². The molecular weight excluding hydrogens is 1800 g/mol. The van der Waals surface area contributed by atoms with Crippen molar-refractivity contribution in [3.63, 3.8) is 0 Å². The summed E-state index contributed by atoms with van der Waals surface area (Å²) in [7, 11) is 0. The second kappa shape index (κ2) is 32.0. The lowest BCUT2D eigenvalue weighted by Gasteiger charge is -2.11. The Balaban J connectivity index is 0.000000101. The molecule has 31 rings (SSSR count). The number of benzene rings is 22. The second-order valence-electron chi connectivity index (χ2n) is 36.6. The number of rotatable bonds is 7. The number of thiophene rings is 5. The molecule has 652 valence electrons. The highest BCUT2D eigenvalue weighted by molar-refractivity contribution is 7.27. The standard InChI is InChI=1S/C46H26N2S2.C42H26N2OS.C40H22N2S2/c1-3-18-36-33(15-1)34-16-2-4-19-37(34)42-41(36)47-43-39-23-10-21-32(45(39)50-46(43)48-42)30-14-8-12-28(26-30)27-11-7-13-29(25-27)31-20-9-22-38-35-17-5-6-24-40(35)49-44(31)38;1-23-13-16-30-33(19-23)34-20-24(2)14-17-31(34)39-38(30)43-40-35-22-26(15-18-37(35)46-42(40)44-39)25-7-5-8-27(21-25)28-10-6-11-32-29-9-3-4-12-36(29)45-41(28)32;1-3-14-30-27(11-1)28-12-2-4-15-31(28)37-36(30)41-38-33-20-19-24(22-35(33)44-40(38)42-37)23-9-7-10-25(21-23)26-16-8-17-32-29-13-5-6-18-34(29)43-39(26)32/h1-26H;3-22H,1-2H3;1-22H. The van der Waals surface area contributed by atoms with Crippen molar-refractivity contribution in [2.75, 3.05) is 0 Å². The normalized spacial score (nSPS) is 12.1. The molecule has 9 heterocycles. The van der Waals surface area contributed by atoms with E-state index in [2.05, 4.69) is 414 Å². The molecule has 0 amide bonds. The van der Waals surface area contributed by atoms with E-state index in [9.17, 15) is 0 Å². The number of hydrogen-bond donors (Lipinski definition) is 0. The average Bonchev–Trinajstić information content (AvgIpc) is 1.25. The molecule has 0 aliphatic rings. The van der Waals surface area contributed by atoms with Crippen LogP contribution in [0.15, 0.2) is 417 Å². The number of fused-ring (bicyclic) bond motifs is 36. The lowest BCUT2D eigenvalue weighted by atomic mass is 9.95. The van der Waals surface area contributed by atoms with Crippen LogP contribution in [0.1, 0.15) is 11.1 Å². The predicted molar refractivity (Wildman–Crippen MR) is 603 cm³/mol. The van der Waals surface area contributed by atoms with Crippen LogP contribution in [0.25, 0.3) is 299 Å². The lowest BCUT2D eigenvalue weighted by Crippen LogP contribution is -1.91. The Morgan fingerprint density at radius 2 is 0.479 bits per heavy atom. The first kappa shape index (κ1) is 80.6. The predicted octanol–water partition coefficient (Wildman–Crippen LogP) is 37.8. The van der Waals surface area contributed by atoms with Gasteiger partial charge in [0.1, 0.15) is 42.2 Å². The third kappa shape index (κ3) is 12.9. The highest BCUT2D eigenvalue weighted by atomic mass is 32.1. The number of furan rings is 1. The highest BCUT2D eigenvalue weighted by Crippen LogP contribution is 2.50. The second-order valence-corrected chi connectivity index (χ2v) is 41.7. The fraction of sp³-hybridized carbons (Fsp3) is 0.0156. The van der Waals surface area contributed by atoms with Gasteiger partial charge in [0.25, 0.3) is 0 Å². The minimum atomic E-state index is 0.913. The monoisotopic (exact) mass is 1870 g/mol. The van der Waals surface area contributed by atoms with E-state index in [1.165, 1.54) is 154 Å². The number of para-hydroxylation sites is 2. The van der Waals surface area contributed by atoms with Crippen molar-refractivity contribution >= 4 is 278 Å². The average molecular weight is 1870 g/mol. The summed E-state index contributed by atoms with van der Waals surface area (Å²) in [6.07, 6.45) is 0. The molecule has 0 fully saturated rings. The largest absolute Gasteiger partial charge is 0.455 e. The molecule has 0 bridgehead atoms. The summed E-state index contributed by atoms with van der Waals surface area (Å²) >= 11 is 8.95. The van der Waals surface area contributed by atoms with Gasteiger partial charge in [-0.1, -0.05) is 363 Å². The van der Waals surface area contributed by atoms with Gasteiger partial charge in [0.2, 0.25) is 0 Å². The molecule has 0 saturated carbocycles. The van der Waals surface area contributed by atoms with E-state index < -0.39 is 0 Å². The Hall–Kier alpha value is -16.7. The number of nitrogens with zero attached hydrogens (tertiary/aromatic N) is 6. The van der Waals surface area contributed by atoms with E-state index in [0.717, 1.165) is 157 Å². The van der Waals surface area contributed by atoms with Gasteiger partial charge in [-0.15, -0.1) is 56.7 Å². The molecular formula is C128H74N6OS5. The molecule has 0 atom stereocenters. The maximum absolute atomic E-state index is 6.37. The SMILES string of the molecule is Cc1ccc2c(c1)c1cc(C)ccc1c1nc3c(nc21)sc1ccc(-c2cccc(-c4cccc5c4oc4ccccc45)c2)cc13.c1cc(-c2ccc3c(c2)sc2nc4c5ccccc5c5ccccc5c4nc23)cc(-c2cccc3c2sc2ccccc23)c1.c1cc(-c2cccc(-c3cccc4c3sc3nc5c6ccccc6c6ccccc6c5nc34)c2)cc(-c2cccc3c2sc2ccccc23)c1. The topological polar surface area (TPSA) is 90.5 Å². The molecule has 31 aromatic rings. The van der Waals surface area contributed by atoms with Crippen molar-refractivity contribution in [1.82, 2.24) is 29.9 Å². The molecule has 0 saturated heterocycles. The van der Waals surface area contributed by atoms with Gasteiger partial charge in [-0.05, 0) is 179 Å². The number of aromatic nitrogens is 6. The summed E-state index contributed by atoms with van der Waals surface area (Å²) in [5.74, 6) is 0. The van der Waals surface area contributed by atoms with Gasteiger partial charge in [-0.3, -0.25) is 0 Å². The first-order valence-corrected chi connectivity index (χ1v) is 51.2. The van der Waals surface area contributed by atoms with Gasteiger partial charge in [-0.2, -0.15) is 0 Å². The van der Waals surface area contributed by atoms with Crippen molar-refractivity contribution in [1.29, 1.82) is 0 Å². The third-order valence-corrected chi connectivity index (χ3v) is 34.0. The van der Waals surface area contributed by atoms with Crippen LogP contribution in [0.4, 0.5) is 0 Å². The first-order valence-electron chi connectivity index (χ1n) is 47.1. The van der Waals surface area contributed by atoms with Crippen LogP contribution < -0.4 is 0 Å². The summed E-state index contributed by atoms with van der Waals surface area (Å²) < 4.78 is 15.3. The van der Waals surface area contributed by atoms with E-state index in [4.69, 9.17) is 34.3 Å². The summed E-state index contributed by atoms with van der Waals surface area (Å²) in [5.41, 5.74) is 29.9. The first-order chi connectivity index (χ1) is 69.2. The van der Waals surface area contributed by atoms with Gasteiger partial charge >= 0.3 is 0 Å². The van der Waals surface area contributed by atoms with Crippen LogP contribution >= 0.6 is 56.7 Å². The van der Waals surface area contributed by atoms with E-state index in [1.54, 1.807) is 34.0 Å². The van der Waals surface area contributed by atoms with Gasteiger partial charge in [0, 0.05) is 119 Å². The Kier molecular flexibility index (Phi) is 18.4. The quantitative estimate of drug-likeness (QED) is 0.147. The molecule has 0 unspecified atom stereocenters. The third-order valence-electron chi connectivity index (χ3n) is 28.3. The Morgan fingerprint density at radius 3 is 0.964 bits per heavy atom. The maximum atomic E-state index is 6.37. The molecule has 0 aliphatic heterocycles. The van der Waals surface area contributed by atoms with E-state index >= 15 is 0 Å². The Bertz CT molecular complexity index is 10800. The van der Waals surface area contributed by atoms with Crippen LogP contribution in [0.2, 0.25) is 0 Å². The maximum Gasteiger partial charge on any atom is 0.143 e. The van der Waals surface area contributed by atoms with Crippen LogP contribution in [-0.4, -0.2) is 29.9 Å². The van der Waals surface area contributed by atoms with E-state index in [-0.39, 0.29) is 0 Å². The molecule has 9 aromatic heterocycles. The van der Waals surface area contributed by atoms with Crippen LogP contribution in [-0.2, 0) is 0 Å². The van der Waals surface area contributed by atoms with Gasteiger partial charge in [0.15, 0.2) is 0 Å². The molecule has 22 aromatic carbocycles. The van der Waals surface area contributed by atoms with Crippen LogP contribution in [0.5, 0.6) is 0 Å². The number of hydrogen-bond acceptors (Lipinski definition) is 12. The van der Waals surface area contributed by atoms with Gasteiger partial charge < -0.3 is 4.42 Å². The number of aryl methyl sites for hydroxylation is 2. The summed E-state index contributed by atoms with van der Waals surface area (Å²) in [6, 6.07) is 149. The summed E-state index contributed by atoms with van der Waals surface area (Å²) in [6.45, 7) is 4.30. The lowest BCUT2D eigenvalue weighted by molar-refractivity contribution is 0.670.